The number of nitrogens with zero attached hydrogens (tertiary/aromatic N) is 2. The molecule has 2 heterocycles. The third kappa shape index (κ3) is 2.63. The minimum atomic E-state index is 0.216. The van der Waals surface area contributed by atoms with Crippen LogP contribution in [0.15, 0.2) is 23.7 Å². The number of rotatable bonds is 4. The first kappa shape index (κ1) is 12.2. The van der Waals surface area contributed by atoms with E-state index in [-0.39, 0.29) is 6.10 Å². The molecule has 0 aromatic carbocycles. The lowest BCUT2D eigenvalue weighted by Gasteiger charge is -2.33. The maximum absolute atomic E-state index is 5.79. The van der Waals surface area contributed by atoms with E-state index in [9.17, 15) is 0 Å². The van der Waals surface area contributed by atoms with E-state index < -0.39 is 0 Å². The Labute approximate surface area is 115 Å². The Morgan fingerprint density at radius 3 is 2.79 bits per heavy atom. The number of hydrogen-bond donors (Lipinski definition) is 1. The summed E-state index contributed by atoms with van der Waals surface area (Å²) in [5.74, 6) is 1.84. The summed E-state index contributed by atoms with van der Waals surface area (Å²) >= 11 is 1.49. The average Bonchev–Trinajstić information content (AvgIpc) is 2.80. The fraction of sp³-hybridized carbons (Fsp3) is 0.385. The zero-order valence-corrected chi connectivity index (χ0v) is 11.4. The highest BCUT2D eigenvalue weighted by Gasteiger charge is 2.33. The number of aromatic nitrogens is 2. The molecule has 2 aromatic heterocycles. The van der Waals surface area contributed by atoms with Gasteiger partial charge in [0.1, 0.15) is 11.9 Å². The second-order valence-electron chi connectivity index (χ2n) is 4.56. The smallest absolute Gasteiger partial charge is 0.213 e. The lowest BCUT2D eigenvalue weighted by atomic mass is 9.80. The molecule has 0 unspecified atom stereocenters. The summed E-state index contributed by atoms with van der Waals surface area (Å²) in [5.41, 5.74) is 6.72. The van der Waals surface area contributed by atoms with Crippen molar-refractivity contribution in [2.24, 2.45) is 0 Å². The van der Waals surface area contributed by atoms with Gasteiger partial charge >= 0.3 is 0 Å². The van der Waals surface area contributed by atoms with Crippen LogP contribution in [0.3, 0.4) is 0 Å². The molecular weight excluding hydrogens is 262 g/mol. The standard InChI is InChI=1S/C13H15N3O2S/c1-17-9-2-3-12(15-6-9)18-10-4-8(5-10)11-7-19-13(14)16-11/h2-3,6-8,10H,4-5H2,1H3,(H2,14,16)/t8-,10+. The van der Waals surface area contributed by atoms with Crippen molar-refractivity contribution in [2.75, 3.05) is 12.8 Å². The number of hydrogen-bond acceptors (Lipinski definition) is 6. The second-order valence-corrected chi connectivity index (χ2v) is 5.44. The number of methoxy groups -OCH3 is 1. The van der Waals surface area contributed by atoms with Gasteiger partial charge in [-0.3, -0.25) is 0 Å². The predicted molar refractivity (Wildman–Crippen MR) is 73.7 cm³/mol. The van der Waals surface area contributed by atoms with Crippen LogP contribution in [0.1, 0.15) is 24.5 Å². The molecule has 1 fully saturated rings. The maximum Gasteiger partial charge on any atom is 0.213 e. The van der Waals surface area contributed by atoms with Crippen molar-refractivity contribution in [3.63, 3.8) is 0 Å². The molecule has 0 amide bonds. The molecule has 0 aliphatic heterocycles. The van der Waals surface area contributed by atoms with Crippen LogP contribution < -0.4 is 15.2 Å². The van der Waals surface area contributed by atoms with Crippen molar-refractivity contribution in [3.05, 3.63) is 29.4 Å². The van der Waals surface area contributed by atoms with Crippen molar-refractivity contribution in [1.29, 1.82) is 0 Å². The number of thiazole rings is 1. The van der Waals surface area contributed by atoms with Crippen LogP contribution in [0.2, 0.25) is 0 Å². The Balaban J connectivity index is 1.53. The molecule has 1 aliphatic carbocycles. The van der Waals surface area contributed by atoms with Gasteiger partial charge in [-0.05, 0) is 18.9 Å². The Bertz CT molecular complexity index is 549. The van der Waals surface area contributed by atoms with Crippen LogP contribution in [-0.4, -0.2) is 23.2 Å². The summed E-state index contributed by atoms with van der Waals surface area (Å²) in [5, 5.41) is 2.66. The fourth-order valence-corrected chi connectivity index (χ4v) is 2.76. The van der Waals surface area contributed by atoms with Crippen LogP contribution in [0, 0.1) is 0 Å². The molecule has 3 rings (SSSR count). The molecule has 1 aliphatic rings. The van der Waals surface area contributed by atoms with Crippen LogP contribution in [0.4, 0.5) is 5.13 Å². The molecule has 2 aromatic rings. The normalized spacial score (nSPS) is 21.7. The van der Waals surface area contributed by atoms with E-state index in [0.29, 0.717) is 16.9 Å². The average molecular weight is 277 g/mol. The molecule has 19 heavy (non-hydrogen) atoms. The predicted octanol–water partition coefficient (Wildman–Crippen LogP) is 2.45. The lowest BCUT2D eigenvalue weighted by Crippen LogP contribution is -2.32. The van der Waals surface area contributed by atoms with Gasteiger partial charge in [0.2, 0.25) is 5.88 Å². The molecule has 0 bridgehead atoms. The summed E-state index contributed by atoms with van der Waals surface area (Å²) in [6.45, 7) is 0. The molecule has 2 N–H and O–H groups in total. The summed E-state index contributed by atoms with van der Waals surface area (Å²) in [7, 11) is 1.62. The molecule has 6 heteroatoms. The van der Waals surface area contributed by atoms with Crippen molar-refractivity contribution in [2.45, 2.75) is 24.9 Å². The number of pyridine rings is 1. The van der Waals surface area contributed by atoms with Gasteiger partial charge in [-0.25, -0.2) is 9.97 Å². The van der Waals surface area contributed by atoms with Crippen molar-refractivity contribution in [1.82, 2.24) is 9.97 Å². The third-order valence-corrected chi connectivity index (χ3v) is 3.98. The zero-order valence-electron chi connectivity index (χ0n) is 10.6. The Morgan fingerprint density at radius 1 is 1.37 bits per heavy atom. The van der Waals surface area contributed by atoms with Gasteiger partial charge in [0.25, 0.3) is 0 Å². The van der Waals surface area contributed by atoms with Gasteiger partial charge in [-0.1, -0.05) is 0 Å². The van der Waals surface area contributed by atoms with Gasteiger partial charge in [0.05, 0.1) is 19.0 Å². The minimum Gasteiger partial charge on any atom is -0.495 e. The molecule has 0 saturated heterocycles. The molecule has 100 valence electrons. The molecule has 0 radical (unpaired) electrons. The number of ether oxygens (including phenoxy) is 2. The molecular formula is C13H15N3O2S. The summed E-state index contributed by atoms with van der Waals surface area (Å²) in [4.78, 5) is 8.50. The van der Waals surface area contributed by atoms with E-state index in [0.717, 1.165) is 24.3 Å². The molecule has 0 atom stereocenters. The number of nitrogens with two attached hydrogens (primary N) is 1. The second kappa shape index (κ2) is 5.05. The number of nitrogen functional groups attached to an aromatic ring is 1. The summed E-state index contributed by atoms with van der Waals surface area (Å²) < 4.78 is 10.8. The Hall–Kier alpha value is -1.82. The highest BCUT2D eigenvalue weighted by molar-refractivity contribution is 7.13. The quantitative estimate of drug-likeness (QED) is 0.929. The largest absolute Gasteiger partial charge is 0.495 e. The first-order valence-electron chi connectivity index (χ1n) is 6.12. The van der Waals surface area contributed by atoms with E-state index in [1.165, 1.54) is 11.3 Å². The van der Waals surface area contributed by atoms with E-state index >= 15 is 0 Å². The molecule has 5 nitrogen and oxygen atoms in total. The van der Waals surface area contributed by atoms with E-state index in [4.69, 9.17) is 15.2 Å². The number of anilines is 1. The van der Waals surface area contributed by atoms with Crippen molar-refractivity contribution in [3.8, 4) is 11.6 Å². The molecule has 1 saturated carbocycles. The van der Waals surface area contributed by atoms with E-state index in [2.05, 4.69) is 9.97 Å². The first-order chi connectivity index (χ1) is 9.24. The van der Waals surface area contributed by atoms with Crippen LogP contribution in [-0.2, 0) is 0 Å². The van der Waals surface area contributed by atoms with Crippen LogP contribution in [0.5, 0.6) is 11.6 Å². The van der Waals surface area contributed by atoms with Gasteiger partial charge in [0, 0.05) is 17.4 Å². The first-order valence-corrected chi connectivity index (χ1v) is 7.00. The topological polar surface area (TPSA) is 70.3 Å². The Kier molecular flexibility index (Phi) is 3.25. The molecule has 0 spiro atoms. The Morgan fingerprint density at radius 2 is 2.21 bits per heavy atom. The summed E-state index contributed by atoms with van der Waals surface area (Å²) in [6.07, 6.45) is 3.81. The lowest BCUT2D eigenvalue weighted by molar-refractivity contribution is 0.0922. The summed E-state index contributed by atoms with van der Waals surface area (Å²) in [6, 6.07) is 3.67. The van der Waals surface area contributed by atoms with Crippen molar-refractivity contribution < 1.29 is 9.47 Å². The van der Waals surface area contributed by atoms with Crippen LogP contribution >= 0.6 is 11.3 Å². The highest BCUT2D eigenvalue weighted by Crippen LogP contribution is 2.39. The monoisotopic (exact) mass is 277 g/mol. The van der Waals surface area contributed by atoms with Crippen molar-refractivity contribution >= 4 is 16.5 Å². The van der Waals surface area contributed by atoms with Gasteiger partial charge < -0.3 is 15.2 Å². The van der Waals surface area contributed by atoms with Gasteiger partial charge in [-0.2, -0.15) is 0 Å². The fourth-order valence-electron chi connectivity index (χ4n) is 2.12. The minimum absolute atomic E-state index is 0.216. The van der Waals surface area contributed by atoms with Crippen LogP contribution in [0.25, 0.3) is 0 Å². The SMILES string of the molecule is COc1ccc(O[C@H]2C[C@@H](c3csc(N)n3)C2)nc1. The van der Waals surface area contributed by atoms with E-state index in [1.54, 1.807) is 13.3 Å². The van der Waals surface area contributed by atoms with Gasteiger partial charge in [0.15, 0.2) is 5.13 Å². The third-order valence-electron chi connectivity index (χ3n) is 3.29. The maximum atomic E-state index is 5.79. The highest BCUT2D eigenvalue weighted by atomic mass is 32.1. The van der Waals surface area contributed by atoms with E-state index in [1.807, 2.05) is 17.5 Å². The van der Waals surface area contributed by atoms with Gasteiger partial charge in [-0.15, -0.1) is 11.3 Å². The zero-order chi connectivity index (χ0) is 13.2.